The lowest BCUT2D eigenvalue weighted by Crippen LogP contribution is -2.29. The molecule has 2 aromatic carbocycles. The summed E-state index contributed by atoms with van der Waals surface area (Å²) in [5.41, 5.74) is 9.67. The Bertz CT molecular complexity index is 1190. The monoisotopic (exact) mass is 399 g/mol. The number of para-hydroxylation sites is 1. The molecule has 0 saturated carbocycles. The smallest absolute Gasteiger partial charge is 0.281 e. The molecule has 1 amide bonds. The number of hydrogen-bond acceptors (Lipinski definition) is 6. The molecule has 0 aliphatic carbocycles. The van der Waals surface area contributed by atoms with Crippen LogP contribution in [-0.2, 0) is 6.54 Å². The Morgan fingerprint density at radius 3 is 2.72 bits per heavy atom. The number of pyridine rings is 1. The average molecular weight is 399 g/mol. The third-order valence-electron chi connectivity index (χ3n) is 4.41. The molecule has 3 N–H and O–H groups in total. The molecule has 0 spiro atoms. The fourth-order valence-electron chi connectivity index (χ4n) is 2.94. The first kappa shape index (κ1) is 18.5. The maximum absolute atomic E-state index is 12.6. The number of rotatable bonds is 6. The summed E-state index contributed by atoms with van der Waals surface area (Å²) in [7, 11) is 0. The van der Waals surface area contributed by atoms with Gasteiger partial charge in [-0.1, -0.05) is 18.2 Å². The summed E-state index contributed by atoms with van der Waals surface area (Å²) in [6.45, 7) is 0.586. The lowest BCUT2D eigenvalue weighted by atomic mass is 10.1. The van der Waals surface area contributed by atoms with Gasteiger partial charge in [0.2, 0.25) is 0 Å². The van der Waals surface area contributed by atoms with Crippen molar-refractivity contribution < 1.29 is 4.79 Å². The number of benzene rings is 2. The summed E-state index contributed by atoms with van der Waals surface area (Å²) in [6, 6.07) is 20.8. The van der Waals surface area contributed by atoms with Gasteiger partial charge in [-0.3, -0.25) is 20.6 Å². The van der Waals surface area contributed by atoms with Gasteiger partial charge in [0.25, 0.3) is 5.91 Å². The summed E-state index contributed by atoms with van der Waals surface area (Å²) in [6.07, 6.45) is 1.79. The summed E-state index contributed by atoms with van der Waals surface area (Å²) in [5, 5.41) is 15.2. The van der Waals surface area contributed by atoms with Crippen LogP contribution in [0.3, 0.4) is 0 Å². The molecule has 0 radical (unpaired) electrons. The van der Waals surface area contributed by atoms with Gasteiger partial charge in [0.1, 0.15) is 4.88 Å². The van der Waals surface area contributed by atoms with E-state index < -0.39 is 0 Å². The Hall–Kier alpha value is -3.89. The zero-order valence-electron chi connectivity index (χ0n) is 15.3. The molecule has 0 aliphatic heterocycles. The molecule has 4 rings (SSSR count). The molecule has 0 unspecified atom stereocenters. The summed E-state index contributed by atoms with van der Waals surface area (Å²) in [4.78, 5) is 17.5. The Morgan fingerprint density at radius 2 is 1.90 bits per heavy atom. The Balaban J connectivity index is 1.42. The Kier molecular flexibility index (Phi) is 5.36. The van der Waals surface area contributed by atoms with E-state index in [1.165, 1.54) is 11.3 Å². The topological polar surface area (TPSA) is 89.8 Å². The van der Waals surface area contributed by atoms with Crippen molar-refractivity contribution in [3.8, 4) is 6.07 Å². The molecule has 0 fully saturated rings. The number of carbonyl (C=O) groups is 1. The van der Waals surface area contributed by atoms with Crippen LogP contribution in [0.2, 0.25) is 0 Å². The second-order valence-corrected chi connectivity index (χ2v) is 7.19. The van der Waals surface area contributed by atoms with E-state index in [1.807, 2.05) is 41.8 Å². The van der Waals surface area contributed by atoms with E-state index in [4.69, 9.17) is 5.26 Å². The largest absolute Gasteiger partial charge is 0.380 e. The number of thiophene rings is 1. The van der Waals surface area contributed by atoms with Crippen LogP contribution in [0.25, 0.3) is 10.9 Å². The SMILES string of the molecule is N#Cc1ccc(NNC(=O)c2sccc2NCc2ccnc3ccccc23)cc1. The summed E-state index contributed by atoms with van der Waals surface area (Å²) < 4.78 is 0. The van der Waals surface area contributed by atoms with Gasteiger partial charge >= 0.3 is 0 Å². The van der Waals surface area contributed by atoms with Crippen molar-refractivity contribution in [1.29, 1.82) is 5.26 Å². The van der Waals surface area contributed by atoms with E-state index in [9.17, 15) is 4.79 Å². The Morgan fingerprint density at radius 1 is 1.07 bits per heavy atom. The van der Waals surface area contributed by atoms with Gasteiger partial charge in [0, 0.05) is 18.1 Å². The highest BCUT2D eigenvalue weighted by Crippen LogP contribution is 2.24. The number of nitriles is 1. The minimum Gasteiger partial charge on any atom is -0.380 e. The molecule has 29 heavy (non-hydrogen) atoms. The van der Waals surface area contributed by atoms with Crippen LogP contribution < -0.4 is 16.2 Å². The van der Waals surface area contributed by atoms with E-state index in [-0.39, 0.29) is 5.91 Å². The van der Waals surface area contributed by atoms with Crippen LogP contribution in [0.15, 0.2) is 72.2 Å². The van der Waals surface area contributed by atoms with Crippen molar-refractivity contribution in [2.24, 2.45) is 0 Å². The van der Waals surface area contributed by atoms with Gasteiger partial charge in [-0.15, -0.1) is 11.3 Å². The average Bonchev–Trinajstić information content (AvgIpc) is 3.25. The quantitative estimate of drug-likeness (QED) is 0.414. The first-order valence-electron chi connectivity index (χ1n) is 8.95. The van der Waals surface area contributed by atoms with Crippen molar-refractivity contribution in [3.05, 3.63) is 88.2 Å². The second-order valence-electron chi connectivity index (χ2n) is 6.27. The van der Waals surface area contributed by atoms with E-state index in [0.29, 0.717) is 22.7 Å². The number of carbonyl (C=O) groups excluding carboxylic acids is 1. The maximum Gasteiger partial charge on any atom is 0.281 e. The number of aromatic nitrogens is 1. The number of hydrogen-bond donors (Lipinski definition) is 3. The second kappa shape index (κ2) is 8.42. The first-order valence-corrected chi connectivity index (χ1v) is 9.83. The molecule has 4 aromatic rings. The highest BCUT2D eigenvalue weighted by atomic mass is 32.1. The normalized spacial score (nSPS) is 10.3. The number of anilines is 2. The van der Waals surface area contributed by atoms with Crippen LogP contribution in [-0.4, -0.2) is 10.9 Å². The molecular weight excluding hydrogens is 382 g/mol. The molecular formula is C22H17N5OS. The van der Waals surface area contributed by atoms with Gasteiger partial charge in [-0.05, 0) is 53.4 Å². The van der Waals surface area contributed by atoms with Gasteiger partial charge in [0.15, 0.2) is 0 Å². The fraction of sp³-hybridized carbons (Fsp3) is 0.0455. The number of nitrogens with one attached hydrogen (secondary N) is 3. The van der Waals surface area contributed by atoms with Crippen molar-refractivity contribution in [3.63, 3.8) is 0 Å². The van der Waals surface area contributed by atoms with Crippen molar-refractivity contribution >= 4 is 39.5 Å². The number of nitrogens with zero attached hydrogens (tertiary/aromatic N) is 2. The number of fused-ring (bicyclic) bond motifs is 1. The van der Waals surface area contributed by atoms with Crippen LogP contribution in [0.5, 0.6) is 0 Å². The summed E-state index contributed by atoms with van der Waals surface area (Å²) in [5.74, 6) is -0.230. The Labute approximate surface area is 171 Å². The van der Waals surface area contributed by atoms with Crippen LogP contribution in [0.1, 0.15) is 20.8 Å². The molecule has 2 aromatic heterocycles. The lowest BCUT2D eigenvalue weighted by Gasteiger charge is -2.11. The third kappa shape index (κ3) is 4.18. The van der Waals surface area contributed by atoms with E-state index in [1.54, 1.807) is 30.5 Å². The predicted molar refractivity (Wildman–Crippen MR) is 116 cm³/mol. The predicted octanol–water partition coefficient (Wildman–Crippen LogP) is 4.54. The van der Waals surface area contributed by atoms with Crippen molar-refractivity contribution in [2.75, 3.05) is 10.7 Å². The molecule has 7 heteroatoms. The van der Waals surface area contributed by atoms with Gasteiger partial charge in [0.05, 0.1) is 28.5 Å². The van der Waals surface area contributed by atoms with Crippen molar-refractivity contribution in [1.82, 2.24) is 10.4 Å². The minimum absolute atomic E-state index is 0.230. The van der Waals surface area contributed by atoms with Crippen LogP contribution in [0.4, 0.5) is 11.4 Å². The number of amides is 1. The number of hydrazine groups is 1. The van der Waals surface area contributed by atoms with Crippen LogP contribution in [0, 0.1) is 11.3 Å². The molecule has 0 saturated heterocycles. The molecule has 0 aliphatic rings. The highest BCUT2D eigenvalue weighted by Gasteiger charge is 2.13. The van der Waals surface area contributed by atoms with E-state index >= 15 is 0 Å². The zero-order chi connectivity index (χ0) is 20.1. The van der Waals surface area contributed by atoms with Gasteiger partial charge in [-0.25, -0.2) is 0 Å². The fourth-order valence-corrected chi connectivity index (χ4v) is 3.70. The first-order chi connectivity index (χ1) is 14.2. The van der Waals surface area contributed by atoms with Crippen LogP contribution >= 0.6 is 11.3 Å². The third-order valence-corrected chi connectivity index (χ3v) is 5.33. The molecule has 142 valence electrons. The van der Waals surface area contributed by atoms with Gasteiger partial charge < -0.3 is 5.32 Å². The zero-order valence-corrected chi connectivity index (χ0v) is 16.2. The van der Waals surface area contributed by atoms with E-state index in [2.05, 4.69) is 27.2 Å². The molecule has 0 bridgehead atoms. The lowest BCUT2D eigenvalue weighted by molar-refractivity contribution is 0.0967. The minimum atomic E-state index is -0.230. The molecule has 0 atom stereocenters. The molecule has 2 heterocycles. The standard InChI is InChI=1S/C22H17N5OS/c23-13-15-5-7-17(8-6-15)26-27-22(28)21-20(10-12-29-21)25-14-16-9-11-24-19-4-2-1-3-18(16)19/h1-12,25-26H,14H2,(H,27,28). The van der Waals surface area contributed by atoms with E-state index in [0.717, 1.165) is 22.2 Å². The highest BCUT2D eigenvalue weighted by molar-refractivity contribution is 7.12. The summed E-state index contributed by atoms with van der Waals surface area (Å²) >= 11 is 1.37. The van der Waals surface area contributed by atoms with Gasteiger partial charge in [-0.2, -0.15) is 5.26 Å². The maximum atomic E-state index is 12.6. The molecule has 6 nitrogen and oxygen atoms in total. The van der Waals surface area contributed by atoms with Crippen molar-refractivity contribution in [2.45, 2.75) is 6.54 Å².